The number of amidine groups is 1. The molecule has 3 N–H and O–H groups in total. The van der Waals surface area contributed by atoms with Crippen molar-refractivity contribution >= 4 is 17.6 Å². The van der Waals surface area contributed by atoms with Crippen LogP contribution in [0, 0.1) is 18.3 Å². The molecule has 0 aliphatic carbocycles. The monoisotopic (exact) mass is 384 g/mol. The number of nitrogens with one attached hydrogen (secondary N) is 3. The van der Waals surface area contributed by atoms with Crippen molar-refractivity contribution in [2.24, 2.45) is 5.92 Å². The molecule has 2 rings (SSSR count). The van der Waals surface area contributed by atoms with Gasteiger partial charge < -0.3 is 20.3 Å². The average molecular weight is 384 g/mol. The summed E-state index contributed by atoms with van der Waals surface area (Å²) in [5.41, 5.74) is 0.968. The second-order valence-corrected chi connectivity index (χ2v) is 7.11. The fraction of sp³-hybridized carbons (Fsp3) is 0.381. The van der Waals surface area contributed by atoms with E-state index in [1.54, 1.807) is 13.2 Å². The number of hydrogen-bond donors (Lipinski definition) is 3. The Morgan fingerprint density at radius 3 is 2.71 bits per heavy atom. The van der Waals surface area contributed by atoms with E-state index in [0.29, 0.717) is 17.9 Å². The van der Waals surface area contributed by atoms with Crippen molar-refractivity contribution in [1.82, 2.24) is 15.5 Å². The molecule has 1 unspecified atom stereocenters. The van der Waals surface area contributed by atoms with Gasteiger partial charge in [0, 0.05) is 13.1 Å². The minimum Gasteiger partial charge on any atom is -0.459 e. The van der Waals surface area contributed by atoms with Crippen LogP contribution in [0.15, 0.2) is 48.4 Å². The Labute approximate surface area is 166 Å². The first-order valence-corrected chi connectivity index (χ1v) is 9.29. The number of para-hydroxylation sites is 1. The van der Waals surface area contributed by atoms with E-state index in [9.17, 15) is 9.59 Å². The molecule has 1 atom stereocenters. The van der Waals surface area contributed by atoms with Crippen molar-refractivity contribution < 1.29 is 14.3 Å². The number of benzene rings is 1. The van der Waals surface area contributed by atoms with E-state index in [0.717, 1.165) is 5.56 Å². The number of carbonyl (C=O) groups excluding carboxylic acids is 2. The minimum atomic E-state index is -0.676. The molecule has 2 amide bonds. The van der Waals surface area contributed by atoms with Crippen LogP contribution in [0.5, 0.6) is 5.75 Å². The van der Waals surface area contributed by atoms with Gasteiger partial charge in [-0.25, -0.2) is 0 Å². The summed E-state index contributed by atoms with van der Waals surface area (Å²) in [5, 5.41) is 13.1. The summed E-state index contributed by atoms with van der Waals surface area (Å²) < 4.78 is 5.88. The summed E-state index contributed by atoms with van der Waals surface area (Å²) in [5.74, 6) is 0.717. The van der Waals surface area contributed by atoms with E-state index in [-0.39, 0.29) is 30.1 Å². The van der Waals surface area contributed by atoms with Gasteiger partial charge in [0.15, 0.2) is 0 Å². The molecule has 1 heterocycles. The Balaban J connectivity index is 2.11. The van der Waals surface area contributed by atoms with Crippen molar-refractivity contribution in [2.45, 2.75) is 33.2 Å². The minimum absolute atomic E-state index is 0.0379. The molecular formula is C21H28N4O3. The van der Waals surface area contributed by atoms with Gasteiger partial charge in [0.25, 0.3) is 5.91 Å². The molecule has 28 heavy (non-hydrogen) atoms. The third-order valence-electron chi connectivity index (χ3n) is 4.28. The highest BCUT2D eigenvalue weighted by Crippen LogP contribution is 2.24. The molecule has 0 fully saturated rings. The van der Waals surface area contributed by atoms with Crippen molar-refractivity contribution in [3.05, 3.63) is 53.9 Å². The Morgan fingerprint density at radius 2 is 2.07 bits per heavy atom. The molecule has 0 bridgehead atoms. The van der Waals surface area contributed by atoms with Crippen LogP contribution in [-0.2, 0) is 9.59 Å². The molecule has 0 saturated heterocycles. The number of hydrogen-bond acceptors (Lipinski definition) is 5. The zero-order valence-corrected chi connectivity index (χ0v) is 16.8. The maximum atomic E-state index is 12.7. The molecule has 1 aliphatic rings. The molecule has 0 radical (unpaired) electrons. The third-order valence-corrected chi connectivity index (χ3v) is 4.28. The maximum Gasteiger partial charge on any atom is 0.251 e. The zero-order chi connectivity index (χ0) is 20.7. The molecule has 0 aromatic heterocycles. The van der Waals surface area contributed by atoms with Crippen LogP contribution >= 0.6 is 0 Å². The second-order valence-electron chi connectivity index (χ2n) is 7.11. The molecule has 1 aromatic rings. The molecule has 0 spiro atoms. The van der Waals surface area contributed by atoms with Gasteiger partial charge in [0.2, 0.25) is 5.91 Å². The summed E-state index contributed by atoms with van der Waals surface area (Å²) in [6, 6.07) is 6.89. The normalized spacial score (nSPS) is 15.0. The SMILES string of the molecule is CN/C=C\C(=N)NC(=O)C(CC(C)C)N1CC(Oc2ccccc2C)=CC1=O. The third kappa shape index (κ3) is 5.70. The molecular weight excluding hydrogens is 356 g/mol. The Kier molecular flexibility index (Phi) is 7.37. The number of rotatable bonds is 8. The fourth-order valence-corrected chi connectivity index (χ4v) is 2.90. The van der Waals surface area contributed by atoms with E-state index in [4.69, 9.17) is 10.1 Å². The van der Waals surface area contributed by atoms with Crippen LogP contribution in [0.2, 0.25) is 0 Å². The lowest BCUT2D eigenvalue weighted by molar-refractivity contribution is -0.135. The fourth-order valence-electron chi connectivity index (χ4n) is 2.90. The van der Waals surface area contributed by atoms with E-state index in [1.807, 2.05) is 45.0 Å². The van der Waals surface area contributed by atoms with Crippen LogP contribution < -0.4 is 15.4 Å². The van der Waals surface area contributed by atoms with Gasteiger partial charge in [0.05, 0.1) is 6.54 Å². The topological polar surface area (TPSA) is 94.5 Å². The predicted molar refractivity (Wildman–Crippen MR) is 109 cm³/mol. The number of aryl methyl sites for hydroxylation is 1. The van der Waals surface area contributed by atoms with Gasteiger partial charge in [0.1, 0.15) is 23.4 Å². The molecule has 1 aromatic carbocycles. The van der Waals surface area contributed by atoms with Crippen molar-refractivity contribution in [2.75, 3.05) is 13.6 Å². The highest BCUT2D eigenvalue weighted by Gasteiger charge is 2.34. The van der Waals surface area contributed by atoms with E-state index in [1.165, 1.54) is 17.1 Å². The molecule has 7 nitrogen and oxygen atoms in total. The Morgan fingerprint density at radius 1 is 1.36 bits per heavy atom. The van der Waals surface area contributed by atoms with Crippen molar-refractivity contribution in [3.8, 4) is 5.75 Å². The molecule has 7 heteroatoms. The van der Waals surface area contributed by atoms with Gasteiger partial charge in [-0.15, -0.1) is 0 Å². The van der Waals surface area contributed by atoms with Crippen LogP contribution in [0.1, 0.15) is 25.8 Å². The van der Waals surface area contributed by atoms with Crippen LogP contribution in [-0.4, -0.2) is 42.2 Å². The van der Waals surface area contributed by atoms with E-state index < -0.39 is 6.04 Å². The van der Waals surface area contributed by atoms with Gasteiger partial charge in [-0.2, -0.15) is 0 Å². The summed E-state index contributed by atoms with van der Waals surface area (Å²) in [4.78, 5) is 26.8. The predicted octanol–water partition coefficient (Wildman–Crippen LogP) is 2.34. The van der Waals surface area contributed by atoms with Gasteiger partial charge in [-0.3, -0.25) is 15.0 Å². The first-order chi connectivity index (χ1) is 13.3. The number of nitrogens with zero attached hydrogens (tertiary/aromatic N) is 1. The quantitative estimate of drug-likeness (QED) is 0.474. The highest BCUT2D eigenvalue weighted by atomic mass is 16.5. The van der Waals surface area contributed by atoms with Crippen molar-refractivity contribution in [1.29, 1.82) is 5.41 Å². The van der Waals surface area contributed by atoms with Crippen molar-refractivity contribution in [3.63, 3.8) is 0 Å². The summed E-state index contributed by atoms with van der Waals surface area (Å²) >= 11 is 0. The lowest BCUT2D eigenvalue weighted by Gasteiger charge is -2.28. The number of ether oxygens (including phenoxy) is 1. The standard InChI is InChI=1S/C21H28N4O3/c1-14(2)11-17(21(27)24-19(22)9-10-23-4)25-13-16(12-20(25)26)28-18-8-6-5-7-15(18)3/h5-10,12,14,17,23H,11,13H2,1-4H3,(H2,22,24,27)/b10-9-. The first-order valence-electron chi connectivity index (χ1n) is 9.29. The van der Waals surface area contributed by atoms with Crippen LogP contribution in [0.3, 0.4) is 0 Å². The summed E-state index contributed by atoms with van der Waals surface area (Å²) in [6.45, 7) is 6.14. The van der Waals surface area contributed by atoms with E-state index in [2.05, 4.69) is 10.6 Å². The summed E-state index contributed by atoms with van der Waals surface area (Å²) in [6.07, 6.45) is 4.92. The van der Waals surface area contributed by atoms with Gasteiger partial charge >= 0.3 is 0 Å². The number of amides is 2. The molecule has 150 valence electrons. The average Bonchev–Trinajstić information content (AvgIpc) is 2.99. The van der Waals surface area contributed by atoms with Gasteiger partial charge in [-0.05, 0) is 43.2 Å². The summed E-state index contributed by atoms with van der Waals surface area (Å²) in [7, 11) is 1.71. The molecule has 1 aliphatic heterocycles. The lowest BCUT2D eigenvalue weighted by Crippen LogP contribution is -2.49. The maximum absolute atomic E-state index is 12.7. The number of carbonyl (C=O) groups is 2. The van der Waals surface area contributed by atoms with Crippen LogP contribution in [0.4, 0.5) is 0 Å². The van der Waals surface area contributed by atoms with Crippen LogP contribution in [0.25, 0.3) is 0 Å². The smallest absolute Gasteiger partial charge is 0.251 e. The lowest BCUT2D eigenvalue weighted by atomic mass is 10.0. The zero-order valence-electron chi connectivity index (χ0n) is 16.8. The highest BCUT2D eigenvalue weighted by molar-refractivity contribution is 6.05. The first kappa shape index (κ1) is 21.2. The Hall–Kier alpha value is -3.09. The second kappa shape index (κ2) is 9.73. The molecule has 0 saturated carbocycles. The largest absolute Gasteiger partial charge is 0.459 e. The van der Waals surface area contributed by atoms with Gasteiger partial charge in [-0.1, -0.05) is 32.0 Å². The Bertz CT molecular complexity index is 799. The van der Waals surface area contributed by atoms with E-state index >= 15 is 0 Å².